The highest BCUT2D eigenvalue weighted by Gasteiger charge is 2.13. The van der Waals surface area contributed by atoms with Crippen molar-refractivity contribution in [2.45, 2.75) is 0 Å². The molecule has 0 radical (unpaired) electrons. The first kappa shape index (κ1) is 12.4. The summed E-state index contributed by atoms with van der Waals surface area (Å²) in [6, 6.07) is 13.8. The van der Waals surface area contributed by atoms with Crippen LogP contribution in [0, 0.1) is 0 Å². The molecule has 0 aliphatic carbocycles. The van der Waals surface area contributed by atoms with Crippen molar-refractivity contribution in [2.24, 2.45) is 7.05 Å². The number of pyridine rings is 1. The molecule has 3 rings (SSSR count). The highest BCUT2D eigenvalue weighted by Crippen LogP contribution is 2.30. The summed E-state index contributed by atoms with van der Waals surface area (Å²) >= 11 is 0. The van der Waals surface area contributed by atoms with Crippen molar-refractivity contribution in [1.82, 2.24) is 14.5 Å². The minimum atomic E-state index is 0.843. The van der Waals surface area contributed by atoms with Gasteiger partial charge in [0.05, 0.1) is 24.8 Å². The molecule has 0 N–H and O–H groups in total. The number of methoxy groups -OCH3 is 1. The van der Waals surface area contributed by atoms with Gasteiger partial charge in [0.2, 0.25) is 0 Å². The summed E-state index contributed by atoms with van der Waals surface area (Å²) in [4.78, 5) is 8.86. The van der Waals surface area contributed by atoms with Gasteiger partial charge in [-0.05, 0) is 36.4 Å². The van der Waals surface area contributed by atoms with Crippen molar-refractivity contribution in [1.29, 1.82) is 0 Å². The van der Waals surface area contributed by atoms with E-state index in [0.29, 0.717) is 0 Å². The third-order valence-electron chi connectivity index (χ3n) is 3.21. The number of benzene rings is 1. The Morgan fingerprint density at radius 3 is 2.45 bits per heavy atom. The Bertz CT molecular complexity index is 702. The Morgan fingerprint density at radius 1 is 1.00 bits per heavy atom. The highest BCUT2D eigenvalue weighted by molar-refractivity contribution is 5.76. The standard InChI is InChI=1S/C16H15N3O/c1-19-11-18-15(14-5-3-4-10-17-14)16(19)12-6-8-13(20-2)9-7-12/h3-11H,1-2H3. The Balaban J connectivity index is 2.11. The molecule has 2 heterocycles. The van der Waals surface area contributed by atoms with Crippen LogP contribution in [0.5, 0.6) is 5.75 Å². The molecule has 3 aromatic rings. The van der Waals surface area contributed by atoms with Crippen LogP contribution in [0.2, 0.25) is 0 Å². The molecule has 4 nitrogen and oxygen atoms in total. The minimum Gasteiger partial charge on any atom is -0.497 e. The van der Waals surface area contributed by atoms with Crippen molar-refractivity contribution >= 4 is 0 Å². The number of aromatic nitrogens is 3. The van der Waals surface area contributed by atoms with Gasteiger partial charge in [-0.1, -0.05) is 6.07 Å². The van der Waals surface area contributed by atoms with E-state index >= 15 is 0 Å². The second-order valence-corrected chi connectivity index (χ2v) is 4.50. The maximum atomic E-state index is 5.20. The van der Waals surface area contributed by atoms with Gasteiger partial charge in [-0.25, -0.2) is 4.98 Å². The van der Waals surface area contributed by atoms with E-state index in [4.69, 9.17) is 4.74 Å². The van der Waals surface area contributed by atoms with Crippen LogP contribution in [0.3, 0.4) is 0 Å². The number of imidazole rings is 1. The Kier molecular flexibility index (Phi) is 3.21. The smallest absolute Gasteiger partial charge is 0.118 e. The molecule has 20 heavy (non-hydrogen) atoms. The van der Waals surface area contributed by atoms with Crippen LogP contribution in [0.25, 0.3) is 22.6 Å². The summed E-state index contributed by atoms with van der Waals surface area (Å²) in [6.07, 6.45) is 3.59. The molecular weight excluding hydrogens is 250 g/mol. The van der Waals surface area contributed by atoms with Crippen molar-refractivity contribution in [3.05, 3.63) is 55.0 Å². The molecule has 0 unspecified atom stereocenters. The summed E-state index contributed by atoms with van der Waals surface area (Å²) in [5.41, 5.74) is 3.90. The van der Waals surface area contributed by atoms with Crippen LogP contribution >= 0.6 is 0 Å². The van der Waals surface area contributed by atoms with Gasteiger partial charge in [0.1, 0.15) is 11.4 Å². The fourth-order valence-electron chi connectivity index (χ4n) is 2.21. The molecule has 0 bridgehead atoms. The molecule has 0 saturated carbocycles. The summed E-state index contributed by atoms with van der Waals surface area (Å²) in [6.45, 7) is 0. The van der Waals surface area contributed by atoms with Crippen LogP contribution < -0.4 is 4.74 Å². The number of hydrogen-bond acceptors (Lipinski definition) is 3. The molecule has 2 aromatic heterocycles. The van der Waals surface area contributed by atoms with Gasteiger partial charge in [0.25, 0.3) is 0 Å². The third-order valence-corrected chi connectivity index (χ3v) is 3.21. The second-order valence-electron chi connectivity index (χ2n) is 4.50. The number of aryl methyl sites for hydroxylation is 1. The lowest BCUT2D eigenvalue weighted by molar-refractivity contribution is 0.415. The minimum absolute atomic E-state index is 0.843. The average Bonchev–Trinajstić information content (AvgIpc) is 2.90. The van der Waals surface area contributed by atoms with Gasteiger partial charge in [-0.15, -0.1) is 0 Å². The fourth-order valence-corrected chi connectivity index (χ4v) is 2.21. The molecule has 0 aliphatic heterocycles. The Morgan fingerprint density at radius 2 is 1.80 bits per heavy atom. The van der Waals surface area contributed by atoms with Gasteiger partial charge >= 0.3 is 0 Å². The topological polar surface area (TPSA) is 39.9 Å². The van der Waals surface area contributed by atoms with Gasteiger partial charge in [0, 0.05) is 18.8 Å². The predicted molar refractivity (Wildman–Crippen MR) is 78.4 cm³/mol. The first-order valence-electron chi connectivity index (χ1n) is 6.37. The van der Waals surface area contributed by atoms with Gasteiger partial charge in [-0.2, -0.15) is 0 Å². The van der Waals surface area contributed by atoms with E-state index in [1.165, 1.54) is 0 Å². The first-order valence-corrected chi connectivity index (χ1v) is 6.37. The number of hydrogen-bond donors (Lipinski definition) is 0. The first-order chi connectivity index (χ1) is 9.79. The largest absolute Gasteiger partial charge is 0.497 e. The van der Waals surface area contributed by atoms with E-state index in [1.807, 2.05) is 60.4 Å². The molecule has 0 spiro atoms. The van der Waals surface area contributed by atoms with E-state index in [-0.39, 0.29) is 0 Å². The van der Waals surface area contributed by atoms with Gasteiger partial charge in [-0.3, -0.25) is 4.98 Å². The van der Waals surface area contributed by atoms with Crippen LogP contribution in [-0.2, 0) is 7.05 Å². The van der Waals surface area contributed by atoms with Crippen molar-refractivity contribution in [3.63, 3.8) is 0 Å². The lowest BCUT2D eigenvalue weighted by Gasteiger charge is -2.07. The predicted octanol–water partition coefficient (Wildman–Crippen LogP) is 3.16. The van der Waals surface area contributed by atoms with Crippen LogP contribution in [-0.4, -0.2) is 21.6 Å². The summed E-state index contributed by atoms with van der Waals surface area (Å²) < 4.78 is 7.20. The molecule has 0 fully saturated rings. The van der Waals surface area contributed by atoms with Gasteiger partial charge in [0.15, 0.2) is 0 Å². The Labute approximate surface area is 117 Å². The van der Waals surface area contributed by atoms with Crippen molar-refractivity contribution in [2.75, 3.05) is 7.11 Å². The van der Waals surface area contributed by atoms with Gasteiger partial charge < -0.3 is 9.30 Å². The molecule has 0 amide bonds. The highest BCUT2D eigenvalue weighted by atomic mass is 16.5. The molecule has 0 aliphatic rings. The molecule has 0 atom stereocenters. The molecule has 4 heteroatoms. The summed E-state index contributed by atoms with van der Waals surface area (Å²) in [5, 5.41) is 0. The number of ether oxygens (including phenoxy) is 1. The van der Waals surface area contributed by atoms with Crippen LogP contribution in [0.4, 0.5) is 0 Å². The van der Waals surface area contributed by atoms with E-state index in [2.05, 4.69) is 9.97 Å². The molecule has 0 saturated heterocycles. The van der Waals surface area contributed by atoms with E-state index in [0.717, 1.165) is 28.4 Å². The Hall–Kier alpha value is -2.62. The zero-order valence-electron chi connectivity index (χ0n) is 11.4. The zero-order valence-corrected chi connectivity index (χ0v) is 11.4. The molecule has 100 valence electrons. The van der Waals surface area contributed by atoms with Crippen LogP contribution in [0.1, 0.15) is 0 Å². The molecular formula is C16H15N3O. The monoisotopic (exact) mass is 265 g/mol. The van der Waals surface area contributed by atoms with Crippen LogP contribution in [0.15, 0.2) is 55.0 Å². The maximum absolute atomic E-state index is 5.20. The summed E-state index contributed by atoms with van der Waals surface area (Å²) in [5.74, 6) is 0.843. The number of rotatable bonds is 3. The molecule has 1 aromatic carbocycles. The normalized spacial score (nSPS) is 10.5. The van der Waals surface area contributed by atoms with E-state index in [1.54, 1.807) is 13.3 Å². The fraction of sp³-hybridized carbons (Fsp3) is 0.125. The SMILES string of the molecule is COc1ccc(-c2c(-c3ccccn3)ncn2C)cc1. The summed E-state index contributed by atoms with van der Waals surface area (Å²) in [7, 11) is 3.65. The third kappa shape index (κ3) is 2.16. The zero-order chi connectivity index (χ0) is 13.9. The van der Waals surface area contributed by atoms with Crippen molar-refractivity contribution < 1.29 is 4.74 Å². The second kappa shape index (κ2) is 5.17. The lowest BCUT2D eigenvalue weighted by Crippen LogP contribution is -1.93. The maximum Gasteiger partial charge on any atom is 0.118 e. The number of nitrogens with zero attached hydrogens (tertiary/aromatic N) is 3. The lowest BCUT2D eigenvalue weighted by atomic mass is 10.1. The quantitative estimate of drug-likeness (QED) is 0.730. The average molecular weight is 265 g/mol. The van der Waals surface area contributed by atoms with E-state index in [9.17, 15) is 0 Å². The van der Waals surface area contributed by atoms with Crippen molar-refractivity contribution in [3.8, 4) is 28.4 Å². The van der Waals surface area contributed by atoms with E-state index < -0.39 is 0 Å².